The predicted octanol–water partition coefficient (Wildman–Crippen LogP) is 3.70. The second-order valence-electron chi connectivity index (χ2n) is 6.45. The predicted molar refractivity (Wildman–Crippen MR) is 86.1 cm³/mol. The van der Waals surface area contributed by atoms with Crippen molar-refractivity contribution in [2.24, 2.45) is 5.92 Å². The molecule has 0 aliphatic carbocycles. The topological polar surface area (TPSA) is 29.5 Å². The van der Waals surface area contributed by atoms with Crippen LogP contribution < -0.4 is 4.74 Å². The first-order valence-electron chi connectivity index (χ1n) is 8.05. The molecule has 1 heterocycles. The van der Waals surface area contributed by atoms with Crippen LogP contribution in [-0.2, 0) is 0 Å². The van der Waals surface area contributed by atoms with Crippen LogP contribution in [0, 0.1) is 12.8 Å². The van der Waals surface area contributed by atoms with Gasteiger partial charge >= 0.3 is 0 Å². The van der Waals surface area contributed by atoms with Crippen molar-refractivity contribution in [3.05, 3.63) is 29.3 Å². The highest BCUT2D eigenvalue weighted by Crippen LogP contribution is 2.20. The van der Waals surface area contributed by atoms with Gasteiger partial charge in [0.1, 0.15) is 5.75 Å². The lowest BCUT2D eigenvalue weighted by molar-refractivity contribution is 0.0915. The molecule has 0 bridgehead atoms. The van der Waals surface area contributed by atoms with E-state index >= 15 is 0 Å². The first-order valence-corrected chi connectivity index (χ1v) is 8.05. The molecule has 0 aromatic heterocycles. The summed E-state index contributed by atoms with van der Waals surface area (Å²) in [6, 6.07) is 5.79. The van der Waals surface area contributed by atoms with Crippen LogP contribution in [0.25, 0.3) is 0 Å². The monoisotopic (exact) mass is 289 g/mol. The van der Waals surface area contributed by atoms with Crippen LogP contribution in [-0.4, -0.2) is 36.9 Å². The van der Waals surface area contributed by atoms with Crippen LogP contribution >= 0.6 is 0 Å². The molecular weight excluding hydrogens is 262 g/mol. The van der Waals surface area contributed by atoms with Crippen LogP contribution in [0.4, 0.5) is 0 Å². The summed E-state index contributed by atoms with van der Waals surface area (Å²) in [6.45, 7) is 9.64. The number of ketones is 1. The number of likely N-dealkylation sites (tertiary alicyclic amines) is 1. The number of aryl methyl sites for hydroxylation is 1. The van der Waals surface area contributed by atoms with Crippen LogP contribution in [0.1, 0.15) is 49.0 Å². The third kappa shape index (κ3) is 4.85. The average Bonchev–Trinajstić information content (AvgIpc) is 2.46. The number of nitrogens with zero attached hydrogens (tertiary/aromatic N) is 1. The van der Waals surface area contributed by atoms with Gasteiger partial charge in [0, 0.05) is 5.56 Å². The van der Waals surface area contributed by atoms with Gasteiger partial charge in [0.2, 0.25) is 0 Å². The van der Waals surface area contributed by atoms with Crippen molar-refractivity contribution >= 4 is 5.78 Å². The first-order chi connectivity index (χ1) is 10.1. The van der Waals surface area contributed by atoms with E-state index < -0.39 is 0 Å². The normalized spacial score (nSPS) is 16.2. The Morgan fingerprint density at radius 2 is 1.95 bits per heavy atom. The van der Waals surface area contributed by atoms with E-state index in [1.807, 2.05) is 25.1 Å². The van der Waals surface area contributed by atoms with Crippen LogP contribution in [0.3, 0.4) is 0 Å². The fourth-order valence-electron chi connectivity index (χ4n) is 2.65. The Bertz CT molecular complexity index is 476. The second-order valence-corrected chi connectivity index (χ2v) is 6.45. The molecule has 1 fully saturated rings. The van der Waals surface area contributed by atoms with E-state index in [4.69, 9.17) is 4.74 Å². The van der Waals surface area contributed by atoms with E-state index in [1.165, 1.54) is 19.3 Å². The second kappa shape index (κ2) is 7.60. The Morgan fingerprint density at radius 1 is 1.24 bits per heavy atom. The van der Waals surface area contributed by atoms with Crippen molar-refractivity contribution in [1.29, 1.82) is 0 Å². The Morgan fingerprint density at radius 3 is 2.57 bits per heavy atom. The lowest BCUT2D eigenvalue weighted by Crippen LogP contribution is -2.34. The first kappa shape index (κ1) is 16.0. The third-order valence-electron chi connectivity index (χ3n) is 3.88. The fraction of sp³-hybridized carbons (Fsp3) is 0.611. The van der Waals surface area contributed by atoms with Gasteiger partial charge in [-0.3, -0.25) is 9.69 Å². The number of benzene rings is 1. The molecule has 1 aromatic carbocycles. The van der Waals surface area contributed by atoms with Crippen molar-refractivity contribution in [1.82, 2.24) is 4.90 Å². The Balaban J connectivity index is 1.96. The number of hydrogen-bond acceptors (Lipinski definition) is 3. The van der Waals surface area contributed by atoms with E-state index in [2.05, 4.69) is 18.7 Å². The minimum atomic E-state index is 0.218. The summed E-state index contributed by atoms with van der Waals surface area (Å²) in [5, 5.41) is 0. The van der Waals surface area contributed by atoms with Gasteiger partial charge in [-0.2, -0.15) is 0 Å². The van der Waals surface area contributed by atoms with Gasteiger partial charge in [-0.1, -0.05) is 20.3 Å². The Labute approximate surface area is 128 Å². The molecule has 1 saturated heterocycles. The van der Waals surface area contributed by atoms with E-state index in [1.54, 1.807) is 0 Å². The smallest absolute Gasteiger partial charge is 0.176 e. The molecule has 116 valence electrons. The molecule has 1 aliphatic rings. The summed E-state index contributed by atoms with van der Waals surface area (Å²) in [5.41, 5.74) is 1.84. The standard InChI is InChI=1S/C18H27NO2/c1-14(2)13-21-18-8-7-16(11-15(18)3)17(20)12-19-9-5-4-6-10-19/h7-8,11,14H,4-6,9-10,12-13H2,1-3H3. The molecule has 0 spiro atoms. The highest BCUT2D eigenvalue weighted by atomic mass is 16.5. The number of hydrogen-bond donors (Lipinski definition) is 0. The maximum Gasteiger partial charge on any atom is 0.176 e. The maximum atomic E-state index is 12.4. The largest absolute Gasteiger partial charge is 0.493 e. The summed E-state index contributed by atoms with van der Waals surface area (Å²) in [5.74, 6) is 1.61. The summed E-state index contributed by atoms with van der Waals surface area (Å²) in [7, 11) is 0. The zero-order valence-electron chi connectivity index (χ0n) is 13.5. The lowest BCUT2D eigenvalue weighted by atomic mass is 10.1. The molecule has 0 amide bonds. The highest BCUT2D eigenvalue weighted by Gasteiger charge is 2.16. The van der Waals surface area contributed by atoms with Crippen molar-refractivity contribution in [3.63, 3.8) is 0 Å². The zero-order chi connectivity index (χ0) is 15.2. The lowest BCUT2D eigenvalue weighted by Gasteiger charge is -2.25. The average molecular weight is 289 g/mol. The summed E-state index contributed by atoms with van der Waals surface area (Å²) in [4.78, 5) is 14.6. The van der Waals surface area contributed by atoms with Gasteiger partial charge in [0.15, 0.2) is 5.78 Å². The van der Waals surface area contributed by atoms with Gasteiger partial charge in [-0.05, 0) is 62.5 Å². The van der Waals surface area contributed by atoms with E-state index in [-0.39, 0.29) is 5.78 Å². The number of carbonyl (C=O) groups excluding carboxylic acids is 1. The number of Topliss-reactive ketones (excluding diaryl/α,β-unsaturated/α-hetero) is 1. The molecule has 3 nitrogen and oxygen atoms in total. The minimum Gasteiger partial charge on any atom is -0.493 e. The summed E-state index contributed by atoms with van der Waals surface area (Å²) >= 11 is 0. The van der Waals surface area contributed by atoms with Crippen LogP contribution in [0.5, 0.6) is 5.75 Å². The van der Waals surface area contributed by atoms with E-state index in [0.29, 0.717) is 19.1 Å². The molecule has 0 N–H and O–H groups in total. The highest BCUT2D eigenvalue weighted by molar-refractivity contribution is 5.98. The van der Waals surface area contributed by atoms with Gasteiger partial charge in [0.25, 0.3) is 0 Å². The van der Waals surface area contributed by atoms with Crippen LogP contribution in [0.15, 0.2) is 18.2 Å². The fourth-order valence-corrected chi connectivity index (χ4v) is 2.65. The van der Waals surface area contributed by atoms with Crippen molar-refractivity contribution < 1.29 is 9.53 Å². The molecular formula is C18H27NO2. The Hall–Kier alpha value is -1.35. The quantitative estimate of drug-likeness (QED) is 0.748. The molecule has 2 rings (SSSR count). The van der Waals surface area contributed by atoms with Crippen molar-refractivity contribution in [3.8, 4) is 5.75 Å². The molecule has 0 saturated carbocycles. The minimum absolute atomic E-state index is 0.218. The number of rotatable bonds is 6. The molecule has 21 heavy (non-hydrogen) atoms. The molecule has 0 atom stereocenters. The maximum absolute atomic E-state index is 12.4. The molecule has 1 aromatic rings. The molecule has 1 aliphatic heterocycles. The SMILES string of the molecule is Cc1cc(C(=O)CN2CCCCC2)ccc1OCC(C)C. The number of piperidine rings is 1. The number of ether oxygens (including phenoxy) is 1. The molecule has 0 radical (unpaired) electrons. The third-order valence-corrected chi connectivity index (χ3v) is 3.88. The van der Waals surface area contributed by atoms with Gasteiger partial charge in [-0.15, -0.1) is 0 Å². The van der Waals surface area contributed by atoms with Crippen LogP contribution in [0.2, 0.25) is 0 Å². The van der Waals surface area contributed by atoms with Gasteiger partial charge in [0.05, 0.1) is 13.2 Å². The number of carbonyl (C=O) groups is 1. The molecule has 0 unspecified atom stereocenters. The van der Waals surface area contributed by atoms with Gasteiger partial charge in [-0.25, -0.2) is 0 Å². The van der Waals surface area contributed by atoms with Gasteiger partial charge < -0.3 is 4.74 Å². The summed E-state index contributed by atoms with van der Waals surface area (Å²) < 4.78 is 5.76. The molecule has 3 heteroatoms. The van der Waals surface area contributed by atoms with E-state index in [0.717, 1.165) is 30.0 Å². The zero-order valence-corrected chi connectivity index (χ0v) is 13.5. The van der Waals surface area contributed by atoms with Crippen molar-refractivity contribution in [2.45, 2.75) is 40.0 Å². The Kier molecular flexibility index (Phi) is 5.80. The summed E-state index contributed by atoms with van der Waals surface area (Å²) in [6.07, 6.45) is 3.73. The van der Waals surface area contributed by atoms with E-state index in [9.17, 15) is 4.79 Å². The van der Waals surface area contributed by atoms with Crippen molar-refractivity contribution in [2.75, 3.05) is 26.2 Å².